The van der Waals surface area contributed by atoms with Crippen molar-refractivity contribution in [2.24, 2.45) is 0 Å². The number of aliphatic hydroxyl groups excluding tert-OH is 1. The van der Waals surface area contributed by atoms with Crippen molar-refractivity contribution in [3.63, 3.8) is 0 Å². The SMILES string of the molecule is CC(NC(=O)N(C)CCCCCO)c1nc(C(=O)O)cs1. The predicted octanol–water partition coefficient (Wildman–Crippen LogP) is 1.71. The van der Waals surface area contributed by atoms with E-state index in [0.29, 0.717) is 11.6 Å². The monoisotopic (exact) mass is 315 g/mol. The maximum atomic E-state index is 12.0. The van der Waals surface area contributed by atoms with E-state index >= 15 is 0 Å². The van der Waals surface area contributed by atoms with Gasteiger partial charge in [-0.25, -0.2) is 14.6 Å². The molecule has 1 aromatic heterocycles. The molecule has 0 radical (unpaired) electrons. The number of carbonyl (C=O) groups excluding carboxylic acids is 1. The van der Waals surface area contributed by atoms with Crippen molar-refractivity contribution in [2.75, 3.05) is 20.2 Å². The number of carboxylic acid groups (broad SMARTS) is 1. The zero-order chi connectivity index (χ0) is 15.8. The number of carbonyl (C=O) groups is 2. The molecule has 0 bridgehead atoms. The van der Waals surface area contributed by atoms with Crippen LogP contribution in [0.3, 0.4) is 0 Å². The minimum Gasteiger partial charge on any atom is -0.476 e. The zero-order valence-electron chi connectivity index (χ0n) is 12.2. The van der Waals surface area contributed by atoms with Crippen molar-refractivity contribution in [2.45, 2.75) is 32.2 Å². The predicted molar refractivity (Wildman–Crippen MR) is 79.6 cm³/mol. The average Bonchev–Trinajstić information content (AvgIpc) is 2.93. The third-order valence-electron chi connectivity index (χ3n) is 2.95. The number of rotatable bonds is 8. The van der Waals surface area contributed by atoms with Gasteiger partial charge in [-0.05, 0) is 26.2 Å². The molecular formula is C13H21N3O4S. The molecule has 1 heterocycles. The van der Waals surface area contributed by atoms with Gasteiger partial charge in [-0.2, -0.15) is 0 Å². The normalized spacial score (nSPS) is 12.0. The van der Waals surface area contributed by atoms with Gasteiger partial charge in [-0.1, -0.05) is 0 Å². The molecule has 0 fully saturated rings. The fraction of sp³-hybridized carbons (Fsp3) is 0.615. The van der Waals surface area contributed by atoms with E-state index < -0.39 is 5.97 Å². The van der Waals surface area contributed by atoms with Crippen molar-refractivity contribution < 1.29 is 19.8 Å². The molecule has 7 nitrogen and oxygen atoms in total. The first kappa shape index (κ1) is 17.4. The Labute approximate surface area is 127 Å². The minimum absolute atomic E-state index is 0.00606. The number of carboxylic acids is 1. The second kappa shape index (κ2) is 8.58. The molecular weight excluding hydrogens is 294 g/mol. The summed E-state index contributed by atoms with van der Waals surface area (Å²) in [6.07, 6.45) is 2.44. The number of nitrogens with zero attached hydrogens (tertiary/aromatic N) is 2. The Bertz CT molecular complexity index is 478. The standard InChI is InChI=1S/C13H21N3O4S/c1-9(11-15-10(8-21-11)12(18)19)14-13(20)16(2)6-4-3-5-7-17/h8-9,17H,3-7H2,1-2H3,(H,14,20)(H,18,19). The molecule has 2 amide bonds. The van der Waals surface area contributed by atoms with E-state index in [-0.39, 0.29) is 24.4 Å². The van der Waals surface area contributed by atoms with Crippen LogP contribution in [-0.4, -0.2) is 52.3 Å². The number of nitrogens with one attached hydrogen (secondary N) is 1. The third-order valence-corrected chi connectivity index (χ3v) is 3.98. The molecule has 1 rings (SSSR count). The van der Waals surface area contributed by atoms with E-state index in [4.69, 9.17) is 10.2 Å². The van der Waals surface area contributed by atoms with Crippen LogP contribution in [-0.2, 0) is 0 Å². The summed E-state index contributed by atoms with van der Waals surface area (Å²) in [6, 6.07) is -0.561. The molecule has 3 N–H and O–H groups in total. The van der Waals surface area contributed by atoms with Gasteiger partial charge in [0, 0.05) is 25.6 Å². The van der Waals surface area contributed by atoms with E-state index in [1.165, 1.54) is 16.7 Å². The van der Waals surface area contributed by atoms with Crippen LogP contribution in [0.25, 0.3) is 0 Å². The van der Waals surface area contributed by atoms with Crippen molar-refractivity contribution in [1.82, 2.24) is 15.2 Å². The molecule has 1 unspecified atom stereocenters. The smallest absolute Gasteiger partial charge is 0.355 e. The average molecular weight is 315 g/mol. The third kappa shape index (κ3) is 5.68. The summed E-state index contributed by atoms with van der Waals surface area (Å²) in [7, 11) is 1.70. The Morgan fingerprint density at radius 1 is 1.43 bits per heavy atom. The number of hydrogen-bond donors (Lipinski definition) is 3. The van der Waals surface area contributed by atoms with Gasteiger partial charge in [0.05, 0.1) is 6.04 Å². The van der Waals surface area contributed by atoms with Crippen LogP contribution >= 0.6 is 11.3 Å². The second-order valence-electron chi connectivity index (χ2n) is 4.75. The lowest BCUT2D eigenvalue weighted by Crippen LogP contribution is -2.39. The number of urea groups is 1. The number of unbranched alkanes of at least 4 members (excludes halogenated alkanes) is 2. The van der Waals surface area contributed by atoms with Gasteiger partial charge >= 0.3 is 12.0 Å². The Morgan fingerprint density at radius 3 is 2.71 bits per heavy atom. The van der Waals surface area contributed by atoms with Gasteiger partial charge in [0.15, 0.2) is 5.69 Å². The first-order valence-corrected chi connectivity index (χ1v) is 7.65. The Kier molecular flexibility index (Phi) is 7.10. The van der Waals surface area contributed by atoms with Crippen molar-refractivity contribution in [3.05, 3.63) is 16.1 Å². The lowest BCUT2D eigenvalue weighted by molar-refractivity contribution is 0.0691. The summed E-state index contributed by atoms with van der Waals surface area (Å²) in [4.78, 5) is 28.3. The minimum atomic E-state index is -1.07. The van der Waals surface area contributed by atoms with Gasteiger partial charge in [0.1, 0.15) is 5.01 Å². The van der Waals surface area contributed by atoms with Gasteiger partial charge < -0.3 is 20.4 Å². The number of aromatic nitrogens is 1. The Balaban J connectivity index is 2.43. The first-order valence-electron chi connectivity index (χ1n) is 6.77. The van der Waals surface area contributed by atoms with Crippen LogP contribution in [0.1, 0.15) is 47.7 Å². The van der Waals surface area contributed by atoms with Crippen LogP contribution in [0.4, 0.5) is 4.79 Å². The highest BCUT2D eigenvalue weighted by atomic mass is 32.1. The molecule has 8 heteroatoms. The highest BCUT2D eigenvalue weighted by molar-refractivity contribution is 7.09. The maximum Gasteiger partial charge on any atom is 0.355 e. The number of aliphatic hydroxyl groups is 1. The van der Waals surface area contributed by atoms with Crippen molar-refractivity contribution in [3.8, 4) is 0 Å². The zero-order valence-corrected chi connectivity index (χ0v) is 13.0. The fourth-order valence-electron chi connectivity index (χ4n) is 1.68. The van der Waals surface area contributed by atoms with E-state index in [1.807, 2.05) is 0 Å². The highest BCUT2D eigenvalue weighted by Gasteiger charge is 2.17. The fourth-order valence-corrected chi connectivity index (χ4v) is 2.48. The lowest BCUT2D eigenvalue weighted by Gasteiger charge is -2.20. The molecule has 0 spiro atoms. The van der Waals surface area contributed by atoms with Crippen LogP contribution in [0, 0.1) is 0 Å². The lowest BCUT2D eigenvalue weighted by atomic mass is 10.2. The van der Waals surface area contributed by atoms with E-state index in [2.05, 4.69) is 10.3 Å². The van der Waals surface area contributed by atoms with Gasteiger partial charge in [-0.15, -0.1) is 11.3 Å². The first-order chi connectivity index (χ1) is 9.95. The molecule has 0 aromatic carbocycles. The largest absolute Gasteiger partial charge is 0.476 e. The molecule has 1 aromatic rings. The van der Waals surface area contributed by atoms with Crippen LogP contribution in [0.2, 0.25) is 0 Å². The number of hydrogen-bond acceptors (Lipinski definition) is 5. The summed E-state index contributed by atoms with van der Waals surface area (Å²) in [5, 5.41) is 22.3. The van der Waals surface area contributed by atoms with Crippen molar-refractivity contribution in [1.29, 1.82) is 0 Å². The van der Waals surface area contributed by atoms with E-state index in [9.17, 15) is 9.59 Å². The molecule has 0 saturated heterocycles. The summed E-state index contributed by atoms with van der Waals surface area (Å²) < 4.78 is 0. The number of thiazole rings is 1. The quantitative estimate of drug-likeness (QED) is 0.634. The molecule has 0 aliphatic carbocycles. The Morgan fingerprint density at radius 2 is 2.14 bits per heavy atom. The molecule has 0 aliphatic rings. The highest BCUT2D eigenvalue weighted by Crippen LogP contribution is 2.18. The topological polar surface area (TPSA) is 103 Å². The molecule has 0 saturated carbocycles. The summed E-state index contributed by atoms with van der Waals surface area (Å²) in [5.41, 5.74) is -0.00606. The van der Waals surface area contributed by atoms with Crippen LogP contribution < -0.4 is 5.32 Å². The molecule has 0 aliphatic heterocycles. The molecule has 21 heavy (non-hydrogen) atoms. The summed E-state index contributed by atoms with van der Waals surface area (Å²) >= 11 is 1.21. The van der Waals surface area contributed by atoms with Gasteiger partial charge in [0.2, 0.25) is 0 Å². The number of amides is 2. The molecule has 118 valence electrons. The van der Waals surface area contributed by atoms with E-state index in [0.717, 1.165) is 19.3 Å². The second-order valence-corrected chi connectivity index (χ2v) is 5.64. The van der Waals surface area contributed by atoms with Crippen LogP contribution in [0.5, 0.6) is 0 Å². The van der Waals surface area contributed by atoms with Crippen LogP contribution in [0.15, 0.2) is 5.38 Å². The Hall–Kier alpha value is -1.67. The van der Waals surface area contributed by atoms with Crippen molar-refractivity contribution >= 4 is 23.3 Å². The van der Waals surface area contributed by atoms with Gasteiger partial charge in [0.25, 0.3) is 0 Å². The maximum absolute atomic E-state index is 12.0. The number of aromatic carboxylic acids is 1. The summed E-state index contributed by atoms with van der Waals surface area (Å²) in [6.45, 7) is 2.54. The van der Waals surface area contributed by atoms with E-state index in [1.54, 1.807) is 18.9 Å². The molecule has 1 atom stereocenters. The van der Waals surface area contributed by atoms with Gasteiger partial charge in [-0.3, -0.25) is 0 Å². The summed E-state index contributed by atoms with van der Waals surface area (Å²) in [5.74, 6) is -1.07.